The van der Waals surface area contributed by atoms with Crippen LogP contribution in [0.15, 0.2) is 12.1 Å². The van der Waals surface area contributed by atoms with Gasteiger partial charge < -0.3 is 10.4 Å². The molecule has 0 saturated heterocycles. The second-order valence-corrected chi connectivity index (χ2v) is 6.20. The lowest BCUT2D eigenvalue weighted by Gasteiger charge is -2.23. The molecule has 2 aliphatic rings. The van der Waals surface area contributed by atoms with E-state index in [4.69, 9.17) is 0 Å². The number of nitrogens with zero attached hydrogens (tertiary/aromatic N) is 1. The number of benzene rings is 1. The molecule has 1 aromatic rings. The van der Waals surface area contributed by atoms with E-state index in [0.29, 0.717) is 18.4 Å². The normalized spacial score (nSPS) is 19.6. The zero-order chi connectivity index (χ0) is 14.9. The predicted molar refractivity (Wildman–Crippen MR) is 79.0 cm³/mol. The molecule has 1 saturated carbocycles. The third kappa shape index (κ3) is 2.61. The summed E-state index contributed by atoms with van der Waals surface area (Å²) < 4.78 is 0. The van der Waals surface area contributed by atoms with E-state index in [-0.39, 0.29) is 11.7 Å². The van der Waals surface area contributed by atoms with Gasteiger partial charge in [-0.25, -0.2) is 0 Å². The van der Waals surface area contributed by atoms with Gasteiger partial charge in [0.05, 0.1) is 11.6 Å². The van der Waals surface area contributed by atoms with Crippen molar-refractivity contribution in [2.45, 2.75) is 56.9 Å². The van der Waals surface area contributed by atoms with Crippen molar-refractivity contribution >= 4 is 5.91 Å². The number of carbonyl (C=O) groups excluding carboxylic acids is 1. The Hall–Kier alpha value is -2.02. The SMILES string of the molecule is N#CC1(NC(=O)c2cc3c(cc2O)CCCC3)CCCC1. The van der Waals surface area contributed by atoms with Crippen molar-refractivity contribution in [1.82, 2.24) is 5.32 Å². The Labute approximate surface area is 124 Å². The first-order valence-corrected chi connectivity index (χ1v) is 7.72. The average molecular weight is 284 g/mol. The minimum absolute atomic E-state index is 0.0271. The average Bonchev–Trinajstić information content (AvgIpc) is 2.95. The molecule has 0 aliphatic heterocycles. The van der Waals surface area contributed by atoms with Gasteiger partial charge in [0, 0.05) is 0 Å². The summed E-state index contributed by atoms with van der Waals surface area (Å²) >= 11 is 0. The summed E-state index contributed by atoms with van der Waals surface area (Å²) in [5, 5.41) is 22.3. The van der Waals surface area contributed by atoms with Crippen LogP contribution in [0.5, 0.6) is 5.75 Å². The van der Waals surface area contributed by atoms with Crippen LogP contribution in [-0.4, -0.2) is 16.6 Å². The van der Waals surface area contributed by atoms with Crippen molar-refractivity contribution in [1.29, 1.82) is 5.26 Å². The van der Waals surface area contributed by atoms with Gasteiger partial charge in [0.1, 0.15) is 11.3 Å². The first kappa shape index (κ1) is 13.9. The number of hydrogen-bond acceptors (Lipinski definition) is 3. The Morgan fingerprint density at radius 1 is 1.14 bits per heavy atom. The number of rotatable bonds is 2. The number of nitrogens with one attached hydrogen (secondary N) is 1. The number of fused-ring (bicyclic) bond motifs is 1. The molecule has 110 valence electrons. The molecule has 1 amide bonds. The third-order valence-corrected chi connectivity index (χ3v) is 4.73. The molecule has 0 spiro atoms. The standard InChI is InChI=1S/C17H20N2O2/c18-11-17(7-3-4-8-17)19-16(21)14-9-12-5-1-2-6-13(12)10-15(14)20/h9-10,20H,1-8H2,(H,19,21). The molecule has 0 heterocycles. The maximum atomic E-state index is 12.4. The molecule has 0 radical (unpaired) electrons. The highest BCUT2D eigenvalue weighted by molar-refractivity contribution is 5.98. The van der Waals surface area contributed by atoms with Gasteiger partial charge >= 0.3 is 0 Å². The Morgan fingerprint density at radius 3 is 2.38 bits per heavy atom. The van der Waals surface area contributed by atoms with Gasteiger partial charge in [-0.2, -0.15) is 5.26 Å². The van der Waals surface area contributed by atoms with E-state index in [1.54, 1.807) is 12.1 Å². The highest BCUT2D eigenvalue weighted by Gasteiger charge is 2.36. The van der Waals surface area contributed by atoms with Gasteiger partial charge in [0.25, 0.3) is 5.91 Å². The van der Waals surface area contributed by atoms with E-state index in [9.17, 15) is 15.2 Å². The van der Waals surface area contributed by atoms with Gasteiger partial charge in [-0.15, -0.1) is 0 Å². The van der Waals surface area contributed by atoms with Gasteiger partial charge in [0.15, 0.2) is 0 Å². The fourth-order valence-corrected chi connectivity index (χ4v) is 3.48. The van der Waals surface area contributed by atoms with Gasteiger partial charge in [-0.05, 0) is 74.6 Å². The number of phenols is 1. The fourth-order valence-electron chi connectivity index (χ4n) is 3.48. The van der Waals surface area contributed by atoms with Crippen molar-refractivity contribution in [3.8, 4) is 11.8 Å². The van der Waals surface area contributed by atoms with Crippen molar-refractivity contribution in [2.75, 3.05) is 0 Å². The van der Waals surface area contributed by atoms with Crippen LogP contribution in [0, 0.1) is 11.3 Å². The van der Waals surface area contributed by atoms with E-state index in [1.165, 1.54) is 0 Å². The van der Waals surface area contributed by atoms with Crippen LogP contribution in [0.2, 0.25) is 0 Å². The highest BCUT2D eigenvalue weighted by atomic mass is 16.3. The van der Waals surface area contributed by atoms with E-state index >= 15 is 0 Å². The molecule has 3 rings (SSSR count). The molecule has 1 aromatic carbocycles. The van der Waals surface area contributed by atoms with Crippen molar-refractivity contribution in [3.05, 3.63) is 28.8 Å². The lowest BCUT2D eigenvalue weighted by Crippen LogP contribution is -2.45. The number of amides is 1. The predicted octanol–water partition coefficient (Wildman–Crippen LogP) is 2.84. The van der Waals surface area contributed by atoms with Gasteiger partial charge in [-0.3, -0.25) is 4.79 Å². The smallest absolute Gasteiger partial charge is 0.256 e. The Bertz CT molecular complexity index is 610. The van der Waals surface area contributed by atoms with Crippen LogP contribution in [-0.2, 0) is 12.8 Å². The van der Waals surface area contributed by atoms with E-state index in [2.05, 4.69) is 11.4 Å². The quantitative estimate of drug-likeness (QED) is 0.877. The largest absolute Gasteiger partial charge is 0.507 e. The van der Waals surface area contributed by atoms with E-state index < -0.39 is 5.54 Å². The molecular formula is C17H20N2O2. The van der Waals surface area contributed by atoms with Crippen molar-refractivity contribution < 1.29 is 9.90 Å². The third-order valence-electron chi connectivity index (χ3n) is 4.73. The van der Waals surface area contributed by atoms with Crippen molar-refractivity contribution in [2.24, 2.45) is 0 Å². The number of nitriles is 1. The lowest BCUT2D eigenvalue weighted by atomic mass is 9.89. The van der Waals surface area contributed by atoms with Crippen LogP contribution in [0.4, 0.5) is 0 Å². The summed E-state index contributed by atoms with van der Waals surface area (Å²) in [6, 6.07) is 5.77. The molecule has 21 heavy (non-hydrogen) atoms. The molecule has 0 unspecified atom stereocenters. The van der Waals surface area contributed by atoms with Gasteiger partial charge in [0.2, 0.25) is 0 Å². The molecule has 1 fully saturated rings. The number of aryl methyl sites for hydroxylation is 2. The summed E-state index contributed by atoms with van der Waals surface area (Å²) in [4.78, 5) is 12.4. The van der Waals surface area contributed by atoms with Crippen LogP contribution in [0.1, 0.15) is 60.0 Å². The summed E-state index contributed by atoms with van der Waals surface area (Å²) in [5.74, 6) is -0.302. The maximum absolute atomic E-state index is 12.4. The first-order chi connectivity index (χ1) is 10.1. The number of hydrogen-bond donors (Lipinski definition) is 2. The zero-order valence-corrected chi connectivity index (χ0v) is 12.1. The van der Waals surface area contributed by atoms with Gasteiger partial charge in [-0.1, -0.05) is 0 Å². The van der Waals surface area contributed by atoms with Crippen LogP contribution in [0.25, 0.3) is 0 Å². The lowest BCUT2D eigenvalue weighted by molar-refractivity contribution is 0.0918. The second-order valence-electron chi connectivity index (χ2n) is 6.20. The summed E-state index contributed by atoms with van der Waals surface area (Å²) in [6.07, 6.45) is 7.50. The molecule has 0 atom stereocenters. The number of phenolic OH excluding ortho intramolecular Hbond substituents is 1. The number of carbonyl (C=O) groups is 1. The van der Waals surface area contributed by atoms with Crippen LogP contribution < -0.4 is 5.32 Å². The Balaban J connectivity index is 1.86. The van der Waals surface area contributed by atoms with E-state index in [1.807, 2.05) is 0 Å². The Kier molecular flexibility index (Phi) is 3.59. The van der Waals surface area contributed by atoms with Crippen LogP contribution >= 0.6 is 0 Å². The molecule has 0 aromatic heterocycles. The molecular weight excluding hydrogens is 264 g/mol. The first-order valence-electron chi connectivity index (χ1n) is 7.72. The molecule has 2 N–H and O–H groups in total. The summed E-state index contributed by atoms with van der Waals surface area (Å²) in [7, 11) is 0. The van der Waals surface area contributed by atoms with Crippen molar-refractivity contribution in [3.63, 3.8) is 0 Å². The minimum Gasteiger partial charge on any atom is -0.507 e. The summed E-state index contributed by atoms with van der Waals surface area (Å²) in [5.41, 5.74) is 1.85. The summed E-state index contributed by atoms with van der Waals surface area (Å²) in [6.45, 7) is 0. The second kappa shape index (κ2) is 5.40. The highest BCUT2D eigenvalue weighted by Crippen LogP contribution is 2.32. The fraction of sp³-hybridized carbons (Fsp3) is 0.529. The zero-order valence-electron chi connectivity index (χ0n) is 12.1. The molecule has 2 aliphatic carbocycles. The molecule has 0 bridgehead atoms. The maximum Gasteiger partial charge on any atom is 0.256 e. The van der Waals surface area contributed by atoms with Crippen LogP contribution in [0.3, 0.4) is 0 Å². The van der Waals surface area contributed by atoms with E-state index in [0.717, 1.165) is 49.7 Å². The molecule has 4 heteroatoms. The number of aromatic hydroxyl groups is 1. The minimum atomic E-state index is -0.751. The monoisotopic (exact) mass is 284 g/mol. The topological polar surface area (TPSA) is 73.1 Å². The Morgan fingerprint density at radius 2 is 1.76 bits per heavy atom. The molecule has 4 nitrogen and oxygen atoms in total.